The first-order valence-electron chi connectivity index (χ1n) is 6.40. The molecule has 3 rings (SSSR count). The summed E-state index contributed by atoms with van der Waals surface area (Å²) >= 11 is 1.58. The van der Waals surface area contributed by atoms with Gasteiger partial charge in [0.15, 0.2) is 0 Å². The molecule has 1 aliphatic heterocycles. The van der Waals surface area contributed by atoms with Crippen LogP contribution in [-0.2, 0) is 0 Å². The molecule has 1 atom stereocenters. The molecule has 0 bridgehead atoms. The Hall–Kier alpha value is -1.42. The maximum atomic E-state index is 12.5. The summed E-state index contributed by atoms with van der Waals surface area (Å²) in [5.41, 5.74) is 3.59. The van der Waals surface area contributed by atoms with Gasteiger partial charge < -0.3 is 4.90 Å². The van der Waals surface area contributed by atoms with E-state index in [2.05, 4.69) is 11.9 Å². The summed E-state index contributed by atoms with van der Waals surface area (Å²) < 4.78 is 1.09. The molecule has 3 nitrogen and oxygen atoms in total. The van der Waals surface area contributed by atoms with Gasteiger partial charge in [0.2, 0.25) is 0 Å². The third-order valence-corrected chi connectivity index (χ3v) is 4.43. The minimum absolute atomic E-state index is 0.164. The fraction of sp³-hybridized carbons (Fsp3) is 0.429. The number of carbonyl (C=O) groups excluding carboxylic acids is 1. The monoisotopic (exact) mass is 260 g/mol. The van der Waals surface area contributed by atoms with E-state index in [1.165, 1.54) is 6.42 Å². The molecule has 1 aliphatic rings. The molecule has 0 radical (unpaired) electrons. The average Bonchev–Trinajstić information content (AvgIpc) is 2.85. The Bertz CT molecular complexity index is 578. The van der Waals surface area contributed by atoms with E-state index in [1.54, 1.807) is 11.3 Å². The summed E-state index contributed by atoms with van der Waals surface area (Å²) in [6.07, 6.45) is 3.48. The van der Waals surface area contributed by atoms with Crippen molar-refractivity contribution in [3.63, 3.8) is 0 Å². The van der Waals surface area contributed by atoms with E-state index in [0.29, 0.717) is 6.04 Å². The van der Waals surface area contributed by atoms with Crippen LogP contribution in [0.5, 0.6) is 0 Å². The smallest absolute Gasteiger partial charge is 0.254 e. The number of amides is 1. The van der Waals surface area contributed by atoms with Gasteiger partial charge in [0.05, 0.1) is 15.7 Å². The van der Waals surface area contributed by atoms with Gasteiger partial charge in [-0.1, -0.05) is 0 Å². The molecule has 4 heteroatoms. The van der Waals surface area contributed by atoms with Crippen LogP contribution in [0.2, 0.25) is 0 Å². The van der Waals surface area contributed by atoms with Crippen molar-refractivity contribution < 1.29 is 4.79 Å². The maximum Gasteiger partial charge on any atom is 0.254 e. The number of piperidine rings is 1. The minimum Gasteiger partial charge on any atom is -0.336 e. The lowest BCUT2D eigenvalue weighted by Crippen LogP contribution is -2.41. The van der Waals surface area contributed by atoms with Crippen molar-refractivity contribution in [3.05, 3.63) is 29.3 Å². The van der Waals surface area contributed by atoms with Gasteiger partial charge in [-0.15, -0.1) is 11.3 Å². The molecule has 1 aromatic heterocycles. The highest BCUT2D eigenvalue weighted by Crippen LogP contribution is 2.23. The summed E-state index contributed by atoms with van der Waals surface area (Å²) in [5, 5.41) is 0. The molecule has 1 fully saturated rings. The van der Waals surface area contributed by atoms with Gasteiger partial charge in [-0.3, -0.25) is 4.79 Å². The minimum atomic E-state index is 0.164. The quantitative estimate of drug-likeness (QED) is 0.788. The van der Waals surface area contributed by atoms with Gasteiger partial charge in [-0.2, -0.15) is 0 Å². The Kier molecular flexibility index (Phi) is 3.04. The molecule has 94 valence electrons. The molecule has 0 unspecified atom stereocenters. The lowest BCUT2D eigenvalue weighted by molar-refractivity contribution is 0.0636. The van der Waals surface area contributed by atoms with Crippen LogP contribution in [0.1, 0.15) is 36.5 Å². The van der Waals surface area contributed by atoms with E-state index >= 15 is 0 Å². The van der Waals surface area contributed by atoms with Crippen LogP contribution in [0.25, 0.3) is 10.2 Å². The third-order valence-electron chi connectivity index (χ3n) is 3.64. The lowest BCUT2D eigenvalue weighted by Gasteiger charge is -2.33. The van der Waals surface area contributed by atoms with Crippen molar-refractivity contribution in [3.8, 4) is 0 Å². The van der Waals surface area contributed by atoms with Crippen LogP contribution in [-0.4, -0.2) is 28.4 Å². The Balaban J connectivity index is 1.90. The highest BCUT2D eigenvalue weighted by atomic mass is 32.1. The van der Waals surface area contributed by atoms with E-state index in [4.69, 9.17) is 0 Å². The maximum absolute atomic E-state index is 12.5. The lowest BCUT2D eigenvalue weighted by atomic mass is 10.0. The second-order valence-corrected chi connectivity index (χ2v) is 5.76. The predicted octanol–water partition coefficient (Wildman–Crippen LogP) is 3.31. The Morgan fingerprint density at radius 1 is 1.44 bits per heavy atom. The summed E-state index contributed by atoms with van der Waals surface area (Å²) in [4.78, 5) is 18.7. The van der Waals surface area contributed by atoms with Crippen molar-refractivity contribution in [2.75, 3.05) is 6.54 Å². The van der Waals surface area contributed by atoms with Crippen LogP contribution in [0.3, 0.4) is 0 Å². The zero-order valence-electron chi connectivity index (χ0n) is 10.4. The number of thiazole rings is 1. The molecule has 2 aromatic rings. The number of hydrogen-bond donors (Lipinski definition) is 0. The number of hydrogen-bond acceptors (Lipinski definition) is 3. The third kappa shape index (κ3) is 2.01. The first kappa shape index (κ1) is 11.7. The Morgan fingerprint density at radius 3 is 3.17 bits per heavy atom. The molecule has 1 aromatic carbocycles. The topological polar surface area (TPSA) is 33.2 Å². The van der Waals surface area contributed by atoms with Gasteiger partial charge in [0.1, 0.15) is 0 Å². The average molecular weight is 260 g/mol. The Morgan fingerprint density at radius 2 is 2.33 bits per heavy atom. The van der Waals surface area contributed by atoms with Crippen LogP contribution in [0.4, 0.5) is 0 Å². The summed E-state index contributed by atoms with van der Waals surface area (Å²) in [5.74, 6) is 0.164. The number of likely N-dealkylation sites (tertiary alicyclic amines) is 1. The molecule has 1 saturated heterocycles. The summed E-state index contributed by atoms with van der Waals surface area (Å²) in [6.45, 7) is 3.03. The molecular weight excluding hydrogens is 244 g/mol. The van der Waals surface area contributed by atoms with Crippen molar-refractivity contribution in [2.24, 2.45) is 0 Å². The fourth-order valence-corrected chi connectivity index (χ4v) is 3.27. The van der Waals surface area contributed by atoms with Gasteiger partial charge in [-0.05, 0) is 44.4 Å². The molecule has 0 saturated carbocycles. The molecule has 1 amide bonds. The van der Waals surface area contributed by atoms with Crippen LogP contribution in [0, 0.1) is 0 Å². The van der Waals surface area contributed by atoms with E-state index in [-0.39, 0.29) is 5.91 Å². The normalized spacial score (nSPS) is 20.3. The number of nitrogens with zero attached hydrogens (tertiary/aromatic N) is 2. The van der Waals surface area contributed by atoms with Gasteiger partial charge in [-0.25, -0.2) is 4.98 Å². The molecule has 0 N–H and O–H groups in total. The number of benzene rings is 1. The standard InChI is InChI=1S/C14H16N2OS/c1-10-4-2-3-7-16(10)14(17)11-5-6-12-13(8-11)18-9-15-12/h5-6,8-10H,2-4,7H2,1H3/t10-/m0/s1. The molecular formula is C14H16N2OS. The second kappa shape index (κ2) is 4.69. The fourth-order valence-electron chi connectivity index (χ4n) is 2.55. The summed E-state index contributed by atoms with van der Waals surface area (Å²) in [6, 6.07) is 6.17. The van der Waals surface area contributed by atoms with Crippen molar-refractivity contribution in [1.29, 1.82) is 0 Å². The van der Waals surface area contributed by atoms with Crippen molar-refractivity contribution >= 4 is 27.5 Å². The number of carbonyl (C=O) groups is 1. The molecule has 0 aliphatic carbocycles. The molecule has 2 heterocycles. The van der Waals surface area contributed by atoms with E-state index in [1.807, 2.05) is 28.6 Å². The van der Waals surface area contributed by atoms with E-state index in [9.17, 15) is 4.79 Å². The van der Waals surface area contributed by atoms with E-state index in [0.717, 1.165) is 35.2 Å². The van der Waals surface area contributed by atoms with Crippen molar-refractivity contribution in [1.82, 2.24) is 9.88 Å². The SMILES string of the molecule is C[C@H]1CCCCN1C(=O)c1ccc2ncsc2c1. The molecule has 0 spiro atoms. The first-order valence-corrected chi connectivity index (χ1v) is 7.28. The number of fused-ring (bicyclic) bond motifs is 1. The largest absolute Gasteiger partial charge is 0.336 e. The number of aromatic nitrogens is 1. The summed E-state index contributed by atoms with van der Waals surface area (Å²) in [7, 11) is 0. The Labute approximate surface area is 110 Å². The van der Waals surface area contributed by atoms with Gasteiger partial charge in [0.25, 0.3) is 5.91 Å². The van der Waals surface area contributed by atoms with E-state index < -0.39 is 0 Å². The molecule has 18 heavy (non-hydrogen) atoms. The zero-order chi connectivity index (χ0) is 12.5. The first-order chi connectivity index (χ1) is 8.75. The predicted molar refractivity (Wildman–Crippen MR) is 74.0 cm³/mol. The van der Waals surface area contributed by atoms with Gasteiger partial charge in [0, 0.05) is 18.2 Å². The van der Waals surface area contributed by atoms with Gasteiger partial charge >= 0.3 is 0 Å². The zero-order valence-corrected chi connectivity index (χ0v) is 11.2. The second-order valence-electron chi connectivity index (χ2n) is 4.88. The van der Waals surface area contributed by atoms with Crippen LogP contribution in [0.15, 0.2) is 23.7 Å². The highest BCUT2D eigenvalue weighted by molar-refractivity contribution is 7.16. The van der Waals surface area contributed by atoms with Crippen LogP contribution < -0.4 is 0 Å². The number of rotatable bonds is 1. The highest BCUT2D eigenvalue weighted by Gasteiger charge is 2.24. The van der Waals surface area contributed by atoms with Crippen molar-refractivity contribution in [2.45, 2.75) is 32.2 Å². The van der Waals surface area contributed by atoms with Crippen LogP contribution >= 0.6 is 11.3 Å².